The molecule has 0 radical (unpaired) electrons. The number of aliphatic hydroxyl groups excluding tert-OH is 1. The molecule has 1 aliphatic rings. The van der Waals surface area contributed by atoms with E-state index in [1.54, 1.807) is 0 Å². The van der Waals surface area contributed by atoms with Gasteiger partial charge < -0.3 is 10.1 Å². The number of β-amino-alcohol motifs (C(OH)–C–C–N with tert-alkyl or cyclic N) is 1. The molecule has 1 aromatic carbocycles. The normalized spacial score (nSPS) is 19.7. The number of aromatic amines is 1. The molecule has 1 fully saturated rings. The fraction of sp³-hybridized carbons (Fsp3) is 0.471. The highest BCUT2D eigenvalue weighted by molar-refractivity contribution is 5.85. The van der Waals surface area contributed by atoms with E-state index in [0.29, 0.717) is 6.54 Å². The third kappa shape index (κ3) is 2.74. The van der Waals surface area contributed by atoms with Gasteiger partial charge in [0.25, 0.3) is 5.56 Å². The molecule has 1 aliphatic heterocycles. The topological polar surface area (TPSA) is 56.3 Å². The summed E-state index contributed by atoms with van der Waals surface area (Å²) in [6, 6.07) is 7.78. The molecule has 0 aliphatic carbocycles. The highest BCUT2D eigenvalue weighted by Gasteiger charge is 2.23. The van der Waals surface area contributed by atoms with Gasteiger partial charge in [0.2, 0.25) is 0 Å². The van der Waals surface area contributed by atoms with Gasteiger partial charge in [-0.25, -0.2) is 0 Å². The molecule has 3 rings (SSSR count). The lowest BCUT2D eigenvalue weighted by molar-refractivity contribution is 0.174. The van der Waals surface area contributed by atoms with Crippen molar-refractivity contribution < 1.29 is 5.11 Å². The van der Waals surface area contributed by atoms with Crippen LogP contribution in [0.5, 0.6) is 0 Å². The van der Waals surface area contributed by atoms with Crippen molar-refractivity contribution in [2.45, 2.75) is 38.8 Å². The summed E-state index contributed by atoms with van der Waals surface area (Å²) in [5, 5.41) is 11.5. The molecule has 4 heteroatoms. The van der Waals surface area contributed by atoms with Crippen molar-refractivity contribution >= 4 is 10.8 Å². The van der Waals surface area contributed by atoms with Gasteiger partial charge in [-0.1, -0.05) is 32.0 Å². The SMILES string of the molecule is CC(C)c1[nH]c(=O)c2ccccc2c1CN1CC[C@H](O)C1. The van der Waals surface area contributed by atoms with Crippen LogP contribution in [0.15, 0.2) is 29.1 Å². The number of hydrogen-bond acceptors (Lipinski definition) is 3. The number of likely N-dealkylation sites (tertiary alicyclic amines) is 1. The van der Waals surface area contributed by atoms with Crippen LogP contribution < -0.4 is 5.56 Å². The molecule has 0 saturated carbocycles. The molecule has 0 unspecified atom stereocenters. The summed E-state index contributed by atoms with van der Waals surface area (Å²) in [5.41, 5.74) is 2.19. The van der Waals surface area contributed by atoms with Crippen molar-refractivity contribution in [3.05, 3.63) is 45.9 Å². The van der Waals surface area contributed by atoms with Crippen LogP contribution in [-0.4, -0.2) is 34.2 Å². The number of aromatic nitrogens is 1. The number of H-pyrrole nitrogens is 1. The average molecular weight is 286 g/mol. The lowest BCUT2D eigenvalue weighted by Crippen LogP contribution is -2.24. The lowest BCUT2D eigenvalue weighted by Gasteiger charge is -2.21. The molecule has 2 heterocycles. The van der Waals surface area contributed by atoms with Crippen LogP contribution >= 0.6 is 0 Å². The van der Waals surface area contributed by atoms with E-state index in [0.717, 1.165) is 36.0 Å². The molecule has 2 N–H and O–H groups in total. The first kappa shape index (κ1) is 14.3. The molecule has 0 amide bonds. The Bertz CT molecular complexity index is 705. The van der Waals surface area contributed by atoms with Crippen LogP contribution in [-0.2, 0) is 6.54 Å². The van der Waals surface area contributed by atoms with Gasteiger partial charge in [-0.15, -0.1) is 0 Å². The van der Waals surface area contributed by atoms with Crippen LogP contribution in [0.3, 0.4) is 0 Å². The first-order valence-electron chi connectivity index (χ1n) is 7.60. The molecule has 2 aromatic rings. The summed E-state index contributed by atoms with van der Waals surface area (Å²) in [4.78, 5) is 17.6. The molecule has 21 heavy (non-hydrogen) atoms. The Morgan fingerprint density at radius 1 is 1.33 bits per heavy atom. The Morgan fingerprint density at radius 3 is 2.67 bits per heavy atom. The van der Waals surface area contributed by atoms with E-state index in [1.165, 1.54) is 5.56 Å². The Labute approximate surface area is 124 Å². The summed E-state index contributed by atoms with van der Waals surface area (Å²) < 4.78 is 0. The van der Waals surface area contributed by atoms with Crippen molar-refractivity contribution in [2.75, 3.05) is 13.1 Å². The Kier molecular flexibility index (Phi) is 3.83. The van der Waals surface area contributed by atoms with Crippen LogP contribution in [0, 0.1) is 0 Å². The minimum absolute atomic E-state index is 0.0143. The van der Waals surface area contributed by atoms with Gasteiger partial charge in [0.05, 0.1) is 6.10 Å². The summed E-state index contributed by atoms with van der Waals surface area (Å²) in [6.45, 7) is 6.60. The minimum Gasteiger partial charge on any atom is -0.392 e. The van der Waals surface area contributed by atoms with E-state index in [2.05, 4.69) is 23.7 Å². The molecule has 1 saturated heterocycles. The Balaban J connectivity index is 2.11. The summed E-state index contributed by atoms with van der Waals surface area (Å²) in [7, 11) is 0. The fourth-order valence-corrected chi connectivity index (χ4v) is 3.20. The number of fused-ring (bicyclic) bond motifs is 1. The summed E-state index contributed by atoms with van der Waals surface area (Å²) >= 11 is 0. The number of rotatable bonds is 3. The van der Waals surface area contributed by atoms with Gasteiger partial charge in [-0.2, -0.15) is 0 Å². The Morgan fingerprint density at radius 2 is 2.05 bits per heavy atom. The average Bonchev–Trinajstić information content (AvgIpc) is 2.87. The number of benzene rings is 1. The van der Waals surface area contributed by atoms with Crippen molar-refractivity contribution in [3.63, 3.8) is 0 Å². The lowest BCUT2D eigenvalue weighted by atomic mass is 9.97. The second-order valence-electron chi connectivity index (χ2n) is 6.22. The maximum atomic E-state index is 12.2. The van der Waals surface area contributed by atoms with E-state index in [4.69, 9.17) is 0 Å². The van der Waals surface area contributed by atoms with Crippen molar-refractivity contribution in [1.29, 1.82) is 0 Å². The van der Waals surface area contributed by atoms with E-state index in [-0.39, 0.29) is 17.6 Å². The van der Waals surface area contributed by atoms with Crippen LogP contribution in [0.4, 0.5) is 0 Å². The second kappa shape index (κ2) is 5.62. The molecule has 4 nitrogen and oxygen atoms in total. The predicted molar refractivity (Wildman–Crippen MR) is 84.6 cm³/mol. The number of hydrogen-bond donors (Lipinski definition) is 2. The zero-order valence-corrected chi connectivity index (χ0v) is 12.6. The van der Waals surface area contributed by atoms with Gasteiger partial charge in [0, 0.05) is 30.7 Å². The van der Waals surface area contributed by atoms with Gasteiger partial charge in [-0.05, 0) is 29.4 Å². The van der Waals surface area contributed by atoms with Gasteiger partial charge in [0.15, 0.2) is 0 Å². The zero-order chi connectivity index (χ0) is 15.0. The molecule has 112 valence electrons. The largest absolute Gasteiger partial charge is 0.392 e. The van der Waals surface area contributed by atoms with E-state index >= 15 is 0 Å². The standard InChI is InChI=1S/C17H22N2O2/c1-11(2)16-15(10-19-8-7-12(20)9-19)13-5-3-4-6-14(13)17(21)18-16/h3-6,11-12,20H,7-10H2,1-2H3,(H,18,21)/t12-/m0/s1. The molecule has 1 atom stereocenters. The van der Waals surface area contributed by atoms with Crippen molar-refractivity contribution in [3.8, 4) is 0 Å². The second-order valence-corrected chi connectivity index (χ2v) is 6.22. The highest BCUT2D eigenvalue weighted by Crippen LogP contribution is 2.26. The predicted octanol–water partition coefficient (Wildman–Crippen LogP) is 2.22. The molecule has 1 aromatic heterocycles. The monoisotopic (exact) mass is 286 g/mol. The van der Waals surface area contributed by atoms with Gasteiger partial charge >= 0.3 is 0 Å². The van der Waals surface area contributed by atoms with Gasteiger partial charge in [0.1, 0.15) is 0 Å². The third-order valence-electron chi connectivity index (χ3n) is 4.28. The van der Waals surface area contributed by atoms with E-state index in [9.17, 15) is 9.90 Å². The molecule has 0 bridgehead atoms. The quantitative estimate of drug-likeness (QED) is 0.909. The molecule has 0 spiro atoms. The fourth-order valence-electron chi connectivity index (χ4n) is 3.20. The first-order chi connectivity index (χ1) is 10.1. The number of aliphatic hydroxyl groups is 1. The minimum atomic E-state index is -0.221. The first-order valence-corrected chi connectivity index (χ1v) is 7.60. The maximum Gasteiger partial charge on any atom is 0.256 e. The molecular weight excluding hydrogens is 264 g/mol. The number of nitrogens with zero attached hydrogens (tertiary/aromatic N) is 1. The van der Waals surface area contributed by atoms with Crippen LogP contribution in [0.25, 0.3) is 10.8 Å². The summed E-state index contributed by atoms with van der Waals surface area (Å²) in [6.07, 6.45) is 0.611. The summed E-state index contributed by atoms with van der Waals surface area (Å²) in [5.74, 6) is 0.268. The number of nitrogens with one attached hydrogen (secondary N) is 1. The van der Waals surface area contributed by atoms with Crippen LogP contribution in [0.2, 0.25) is 0 Å². The van der Waals surface area contributed by atoms with Gasteiger partial charge in [-0.3, -0.25) is 9.69 Å². The van der Waals surface area contributed by atoms with Crippen molar-refractivity contribution in [2.24, 2.45) is 0 Å². The highest BCUT2D eigenvalue weighted by atomic mass is 16.3. The van der Waals surface area contributed by atoms with E-state index in [1.807, 2.05) is 24.3 Å². The van der Waals surface area contributed by atoms with Crippen molar-refractivity contribution in [1.82, 2.24) is 9.88 Å². The maximum absolute atomic E-state index is 12.2. The Hall–Kier alpha value is -1.65. The molecular formula is C17H22N2O2. The van der Waals surface area contributed by atoms with Crippen LogP contribution in [0.1, 0.15) is 37.4 Å². The smallest absolute Gasteiger partial charge is 0.256 e. The zero-order valence-electron chi connectivity index (χ0n) is 12.6. The van der Waals surface area contributed by atoms with E-state index < -0.39 is 0 Å². The third-order valence-corrected chi connectivity index (χ3v) is 4.28. The number of pyridine rings is 1.